The van der Waals surface area contributed by atoms with Gasteiger partial charge in [-0.1, -0.05) is 27.7 Å². The smallest absolute Gasteiger partial charge is 0.373 e. The standard InChI is InChI=1S/C14H23NO3/c1-6-15-13(10(4)9(2)3)11-7-8-12(18-11)14(16)17-5/h7-10,13,15H,6H2,1-5H3. The molecule has 1 aromatic heterocycles. The fourth-order valence-corrected chi connectivity index (χ4v) is 1.88. The van der Waals surface area contributed by atoms with Crippen LogP contribution in [0, 0.1) is 11.8 Å². The topological polar surface area (TPSA) is 51.5 Å². The van der Waals surface area contributed by atoms with Crippen LogP contribution in [0.15, 0.2) is 16.5 Å². The summed E-state index contributed by atoms with van der Waals surface area (Å²) in [5.41, 5.74) is 0. The molecule has 1 N–H and O–H groups in total. The minimum absolute atomic E-state index is 0.119. The van der Waals surface area contributed by atoms with Crippen molar-refractivity contribution in [3.8, 4) is 0 Å². The molecule has 4 heteroatoms. The zero-order chi connectivity index (χ0) is 13.7. The first-order chi connectivity index (χ1) is 8.51. The number of esters is 1. The van der Waals surface area contributed by atoms with Gasteiger partial charge in [0, 0.05) is 0 Å². The van der Waals surface area contributed by atoms with Crippen LogP contribution in [0.25, 0.3) is 0 Å². The van der Waals surface area contributed by atoms with Gasteiger partial charge >= 0.3 is 5.97 Å². The molecule has 0 fully saturated rings. The van der Waals surface area contributed by atoms with Crippen LogP contribution in [0.2, 0.25) is 0 Å². The molecule has 0 aliphatic carbocycles. The van der Waals surface area contributed by atoms with E-state index in [1.54, 1.807) is 6.07 Å². The zero-order valence-electron chi connectivity index (χ0n) is 11.8. The van der Waals surface area contributed by atoms with Crippen LogP contribution in [0.5, 0.6) is 0 Å². The summed E-state index contributed by atoms with van der Waals surface area (Å²) in [7, 11) is 1.35. The van der Waals surface area contributed by atoms with Gasteiger partial charge in [0.25, 0.3) is 0 Å². The van der Waals surface area contributed by atoms with Gasteiger partial charge in [0.15, 0.2) is 0 Å². The van der Waals surface area contributed by atoms with Crippen molar-refractivity contribution >= 4 is 5.97 Å². The molecule has 0 bridgehead atoms. The highest BCUT2D eigenvalue weighted by atomic mass is 16.5. The molecule has 0 saturated carbocycles. The molecule has 0 aliphatic heterocycles. The summed E-state index contributed by atoms with van der Waals surface area (Å²) >= 11 is 0. The van der Waals surface area contributed by atoms with Crippen LogP contribution in [0.4, 0.5) is 0 Å². The predicted octanol–water partition coefficient (Wildman–Crippen LogP) is 3.01. The van der Waals surface area contributed by atoms with Crippen LogP contribution in [0.1, 0.15) is 50.1 Å². The summed E-state index contributed by atoms with van der Waals surface area (Å²) in [4.78, 5) is 11.4. The quantitative estimate of drug-likeness (QED) is 0.792. The molecule has 1 aromatic rings. The average molecular weight is 253 g/mol. The Kier molecular flexibility index (Phi) is 5.41. The zero-order valence-corrected chi connectivity index (χ0v) is 11.8. The molecule has 0 saturated heterocycles. The Balaban J connectivity index is 2.92. The predicted molar refractivity (Wildman–Crippen MR) is 70.5 cm³/mol. The van der Waals surface area contributed by atoms with E-state index in [2.05, 4.69) is 37.7 Å². The van der Waals surface area contributed by atoms with Crippen LogP contribution < -0.4 is 5.32 Å². The van der Waals surface area contributed by atoms with E-state index in [-0.39, 0.29) is 11.8 Å². The van der Waals surface area contributed by atoms with E-state index in [1.807, 2.05) is 6.07 Å². The van der Waals surface area contributed by atoms with Gasteiger partial charge in [0.05, 0.1) is 13.2 Å². The van der Waals surface area contributed by atoms with E-state index in [4.69, 9.17) is 4.42 Å². The lowest BCUT2D eigenvalue weighted by Crippen LogP contribution is -2.29. The number of methoxy groups -OCH3 is 1. The summed E-state index contributed by atoms with van der Waals surface area (Å²) in [6.45, 7) is 9.46. The molecule has 0 aromatic carbocycles. The van der Waals surface area contributed by atoms with Crippen molar-refractivity contribution in [1.82, 2.24) is 5.32 Å². The molecular weight excluding hydrogens is 230 g/mol. The Morgan fingerprint density at radius 2 is 2.06 bits per heavy atom. The maximum atomic E-state index is 11.4. The van der Waals surface area contributed by atoms with Crippen molar-refractivity contribution in [2.24, 2.45) is 11.8 Å². The normalized spacial score (nSPS) is 14.6. The molecule has 0 radical (unpaired) electrons. The van der Waals surface area contributed by atoms with Gasteiger partial charge < -0.3 is 14.5 Å². The van der Waals surface area contributed by atoms with E-state index < -0.39 is 5.97 Å². The second-order valence-electron chi connectivity index (χ2n) is 4.83. The van der Waals surface area contributed by atoms with Crippen LogP contribution >= 0.6 is 0 Å². The Labute approximate surface area is 109 Å². The average Bonchev–Trinajstić information content (AvgIpc) is 2.83. The number of carbonyl (C=O) groups is 1. The fraction of sp³-hybridized carbons (Fsp3) is 0.643. The van der Waals surface area contributed by atoms with Gasteiger partial charge in [-0.25, -0.2) is 4.79 Å². The Hall–Kier alpha value is -1.29. The molecule has 2 atom stereocenters. The first-order valence-corrected chi connectivity index (χ1v) is 6.42. The largest absolute Gasteiger partial charge is 0.463 e. The molecule has 1 heterocycles. The van der Waals surface area contributed by atoms with E-state index in [1.165, 1.54) is 7.11 Å². The van der Waals surface area contributed by atoms with E-state index in [9.17, 15) is 4.79 Å². The lowest BCUT2D eigenvalue weighted by molar-refractivity contribution is 0.0560. The summed E-state index contributed by atoms with van der Waals surface area (Å²) < 4.78 is 10.2. The maximum Gasteiger partial charge on any atom is 0.373 e. The number of hydrogen-bond donors (Lipinski definition) is 1. The van der Waals surface area contributed by atoms with Gasteiger partial charge in [0.2, 0.25) is 5.76 Å². The second kappa shape index (κ2) is 6.59. The van der Waals surface area contributed by atoms with E-state index in [0.717, 1.165) is 12.3 Å². The Bertz CT molecular complexity index is 384. The van der Waals surface area contributed by atoms with Gasteiger partial charge in [-0.15, -0.1) is 0 Å². The van der Waals surface area contributed by atoms with Crippen molar-refractivity contribution in [3.05, 3.63) is 23.7 Å². The van der Waals surface area contributed by atoms with Crippen LogP contribution in [-0.4, -0.2) is 19.6 Å². The number of hydrogen-bond acceptors (Lipinski definition) is 4. The second-order valence-corrected chi connectivity index (χ2v) is 4.83. The minimum atomic E-state index is -0.436. The molecule has 0 aliphatic rings. The number of nitrogens with one attached hydrogen (secondary N) is 1. The third kappa shape index (κ3) is 3.35. The summed E-state index contributed by atoms with van der Waals surface area (Å²) in [5.74, 6) is 1.56. The number of carbonyl (C=O) groups excluding carboxylic acids is 1. The molecule has 0 amide bonds. The third-order valence-corrected chi connectivity index (χ3v) is 3.32. The number of furan rings is 1. The van der Waals surface area contributed by atoms with Gasteiger partial charge in [-0.3, -0.25) is 0 Å². The molecule has 102 valence electrons. The van der Waals surface area contributed by atoms with Crippen molar-refractivity contribution in [2.75, 3.05) is 13.7 Å². The maximum absolute atomic E-state index is 11.4. The highest BCUT2D eigenvalue weighted by Crippen LogP contribution is 2.29. The van der Waals surface area contributed by atoms with E-state index in [0.29, 0.717) is 11.8 Å². The van der Waals surface area contributed by atoms with Crippen LogP contribution in [-0.2, 0) is 4.74 Å². The van der Waals surface area contributed by atoms with Crippen molar-refractivity contribution in [1.29, 1.82) is 0 Å². The highest BCUT2D eigenvalue weighted by molar-refractivity contribution is 5.86. The van der Waals surface area contributed by atoms with Gasteiger partial charge in [-0.05, 0) is 30.5 Å². The Morgan fingerprint density at radius 3 is 2.56 bits per heavy atom. The van der Waals surface area contributed by atoms with Gasteiger partial charge in [-0.2, -0.15) is 0 Å². The summed E-state index contributed by atoms with van der Waals surface area (Å²) in [6.07, 6.45) is 0. The highest BCUT2D eigenvalue weighted by Gasteiger charge is 2.25. The number of ether oxygens (including phenoxy) is 1. The number of rotatable bonds is 6. The molecule has 0 spiro atoms. The lowest BCUT2D eigenvalue weighted by Gasteiger charge is -2.26. The molecule has 2 unspecified atom stereocenters. The molecule has 4 nitrogen and oxygen atoms in total. The van der Waals surface area contributed by atoms with Gasteiger partial charge in [0.1, 0.15) is 5.76 Å². The molecular formula is C14H23NO3. The van der Waals surface area contributed by atoms with Crippen molar-refractivity contribution < 1.29 is 13.9 Å². The molecule has 18 heavy (non-hydrogen) atoms. The third-order valence-electron chi connectivity index (χ3n) is 3.32. The van der Waals surface area contributed by atoms with E-state index >= 15 is 0 Å². The molecule has 1 rings (SSSR count). The van der Waals surface area contributed by atoms with Crippen LogP contribution in [0.3, 0.4) is 0 Å². The minimum Gasteiger partial charge on any atom is -0.463 e. The summed E-state index contributed by atoms with van der Waals surface area (Å²) in [5, 5.41) is 3.40. The lowest BCUT2D eigenvalue weighted by atomic mass is 9.89. The van der Waals surface area contributed by atoms with Crippen molar-refractivity contribution in [2.45, 2.75) is 33.7 Å². The SMILES string of the molecule is CCNC(c1ccc(C(=O)OC)o1)C(C)C(C)C. The summed E-state index contributed by atoms with van der Waals surface area (Å²) in [6, 6.07) is 3.63. The first-order valence-electron chi connectivity index (χ1n) is 6.42. The fourth-order valence-electron chi connectivity index (χ4n) is 1.88. The first kappa shape index (κ1) is 14.8. The monoisotopic (exact) mass is 253 g/mol. The van der Waals surface area contributed by atoms with Crippen molar-refractivity contribution in [3.63, 3.8) is 0 Å². The Morgan fingerprint density at radius 1 is 1.39 bits per heavy atom.